The number of aliphatic imine (C=N–C) groups is 1. The van der Waals surface area contributed by atoms with Crippen molar-refractivity contribution in [1.29, 1.82) is 0 Å². The Hall–Kier alpha value is -1.91. The number of carbonyl (C=O) groups is 2. The monoisotopic (exact) mass is 221 g/mol. The number of ether oxygens (including phenoxy) is 1. The zero-order valence-corrected chi connectivity index (χ0v) is 8.98. The summed E-state index contributed by atoms with van der Waals surface area (Å²) >= 11 is 0. The van der Waals surface area contributed by atoms with Crippen LogP contribution in [0.3, 0.4) is 0 Å². The van der Waals surface area contributed by atoms with Gasteiger partial charge in [-0.3, -0.25) is 14.6 Å². The van der Waals surface area contributed by atoms with Gasteiger partial charge < -0.3 is 9.84 Å². The quantitative estimate of drug-likeness (QED) is 0.662. The van der Waals surface area contributed by atoms with Crippen LogP contribution in [0.25, 0.3) is 0 Å². The lowest BCUT2D eigenvalue weighted by Gasteiger charge is -2.24. The third-order valence-corrected chi connectivity index (χ3v) is 2.38. The number of ketones is 2. The molecule has 0 saturated heterocycles. The second-order valence-electron chi connectivity index (χ2n) is 3.79. The summed E-state index contributed by atoms with van der Waals surface area (Å²) in [6.45, 7) is 3.48. The summed E-state index contributed by atoms with van der Waals surface area (Å²) in [5.74, 6) is -1.29. The van der Waals surface area contributed by atoms with Gasteiger partial charge in [-0.25, -0.2) is 0 Å². The number of Topliss-reactive ketones (excluding diaryl/α,β-unsaturated/α-hetero) is 1. The highest BCUT2D eigenvalue weighted by Gasteiger charge is 2.33. The number of carbonyl (C=O) groups excluding carboxylic acids is 2. The van der Waals surface area contributed by atoms with Crippen LogP contribution in [0, 0.1) is 0 Å². The zero-order chi connectivity index (χ0) is 11.9. The van der Waals surface area contributed by atoms with Crippen molar-refractivity contribution in [2.75, 3.05) is 6.61 Å². The molecule has 1 aliphatic carbocycles. The van der Waals surface area contributed by atoms with E-state index in [1.165, 1.54) is 6.92 Å². The molecule has 0 fully saturated rings. The Bertz CT molecular complexity index is 470. The molecule has 0 aromatic rings. The molecule has 16 heavy (non-hydrogen) atoms. The van der Waals surface area contributed by atoms with E-state index in [-0.39, 0.29) is 23.1 Å². The number of aliphatic hydroxyl groups is 1. The topological polar surface area (TPSA) is 76.0 Å². The Labute approximate surface area is 92.1 Å². The molecule has 2 rings (SSSR count). The van der Waals surface area contributed by atoms with Crippen LogP contribution in [0.5, 0.6) is 0 Å². The maximum absolute atomic E-state index is 11.4. The first-order valence-corrected chi connectivity index (χ1v) is 4.92. The molecule has 0 aromatic heterocycles. The number of fused-ring (bicyclic) bond motifs is 1. The van der Waals surface area contributed by atoms with E-state index in [0.717, 1.165) is 6.08 Å². The molecule has 0 aromatic carbocycles. The maximum Gasteiger partial charge on any atom is 0.224 e. The van der Waals surface area contributed by atoms with Crippen LogP contribution >= 0.6 is 0 Å². The zero-order valence-electron chi connectivity index (χ0n) is 8.98. The first-order valence-electron chi connectivity index (χ1n) is 4.92. The molecule has 0 amide bonds. The number of aliphatic hydroxyl groups excluding tert-OH is 1. The van der Waals surface area contributed by atoms with Gasteiger partial charge in [-0.15, -0.1) is 0 Å². The number of hydrogen-bond donors (Lipinski definition) is 1. The van der Waals surface area contributed by atoms with Crippen LogP contribution in [-0.4, -0.2) is 35.0 Å². The van der Waals surface area contributed by atoms with Crippen molar-refractivity contribution >= 4 is 17.3 Å². The lowest BCUT2D eigenvalue weighted by molar-refractivity contribution is -0.116. The van der Waals surface area contributed by atoms with E-state index in [1.54, 1.807) is 0 Å². The summed E-state index contributed by atoms with van der Waals surface area (Å²) in [6.07, 6.45) is 1.16. The number of nitrogens with zero attached hydrogens (tertiary/aromatic N) is 1. The minimum atomic E-state index is -0.617. The maximum atomic E-state index is 11.4. The van der Waals surface area contributed by atoms with Gasteiger partial charge in [-0.2, -0.15) is 0 Å². The minimum absolute atomic E-state index is 0.0472. The first-order chi connectivity index (χ1) is 7.50. The van der Waals surface area contributed by atoms with E-state index in [1.807, 2.05) is 6.92 Å². The van der Waals surface area contributed by atoms with E-state index < -0.39 is 17.3 Å². The molecule has 1 aliphatic heterocycles. The van der Waals surface area contributed by atoms with Gasteiger partial charge in [-0.1, -0.05) is 0 Å². The molecular weight excluding hydrogens is 210 g/mol. The summed E-state index contributed by atoms with van der Waals surface area (Å²) in [5.41, 5.74) is 0.234. The Morgan fingerprint density at radius 1 is 1.62 bits per heavy atom. The molecule has 1 heterocycles. The normalized spacial score (nSPS) is 24.4. The van der Waals surface area contributed by atoms with Crippen molar-refractivity contribution in [3.05, 3.63) is 23.2 Å². The fourth-order valence-electron chi connectivity index (χ4n) is 1.65. The van der Waals surface area contributed by atoms with Crippen LogP contribution in [0.15, 0.2) is 28.2 Å². The van der Waals surface area contributed by atoms with Crippen molar-refractivity contribution in [1.82, 2.24) is 0 Å². The average Bonchev–Trinajstić information content (AvgIpc) is 2.20. The van der Waals surface area contributed by atoms with E-state index in [2.05, 4.69) is 4.99 Å². The van der Waals surface area contributed by atoms with Crippen molar-refractivity contribution in [2.45, 2.75) is 19.9 Å². The summed E-state index contributed by atoms with van der Waals surface area (Å²) in [7, 11) is 0. The first kappa shape index (κ1) is 10.6. The molecule has 5 nitrogen and oxygen atoms in total. The average molecular weight is 221 g/mol. The van der Waals surface area contributed by atoms with Gasteiger partial charge in [0.25, 0.3) is 0 Å². The van der Waals surface area contributed by atoms with Gasteiger partial charge in [0.05, 0.1) is 11.6 Å². The fraction of sp³-hybridized carbons (Fsp3) is 0.364. The predicted octanol–water partition coefficient (Wildman–Crippen LogP) is 0.714. The fourth-order valence-corrected chi connectivity index (χ4v) is 1.65. The van der Waals surface area contributed by atoms with E-state index in [0.29, 0.717) is 6.61 Å². The second-order valence-corrected chi connectivity index (χ2v) is 3.79. The van der Waals surface area contributed by atoms with Crippen LogP contribution < -0.4 is 0 Å². The number of rotatable bonds is 1. The molecule has 0 radical (unpaired) electrons. The Morgan fingerprint density at radius 3 is 2.94 bits per heavy atom. The SMILES string of the molecule is CC(=O)C1=C(O)C(=O)C=C2OCC(C)N=C21. The molecule has 0 bridgehead atoms. The Balaban J connectivity index is 2.59. The van der Waals surface area contributed by atoms with Gasteiger partial charge in [-0.05, 0) is 13.8 Å². The lowest BCUT2D eigenvalue weighted by atomic mass is 9.95. The smallest absolute Gasteiger partial charge is 0.224 e. The van der Waals surface area contributed by atoms with Gasteiger partial charge in [0.2, 0.25) is 5.78 Å². The molecule has 84 valence electrons. The van der Waals surface area contributed by atoms with Crippen molar-refractivity contribution < 1.29 is 19.4 Å². The number of allylic oxidation sites excluding steroid dienone is 2. The van der Waals surface area contributed by atoms with Crippen LogP contribution in [0.4, 0.5) is 0 Å². The molecule has 1 N–H and O–H groups in total. The van der Waals surface area contributed by atoms with Gasteiger partial charge in [0.15, 0.2) is 11.5 Å². The summed E-state index contributed by atoms with van der Waals surface area (Å²) in [6, 6.07) is -0.0949. The van der Waals surface area contributed by atoms with Crippen LogP contribution in [0.1, 0.15) is 13.8 Å². The van der Waals surface area contributed by atoms with Gasteiger partial charge >= 0.3 is 0 Å². The van der Waals surface area contributed by atoms with E-state index in [9.17, 15) is 14.7 Å². The van der Waals surface area contributed by atoms with E-state index >= 15 is 0 Å². The standard InChI is InChI=1S/C11H11NO4/c1-5-4-16-8-3-7(14)11(15)9(6(2)13)10(8)12-5/h3,5,15H,4H2,1-2H3. The molecular formula is C11H11NO4. The van der Waals surface area contributed by atoms with Crippen molar-refractivity contribution in [3.8, 4) is 0 Å². The summed E-state index contributed by atoms with van der Waals surface area (Å²) in [5, 5.41) is 9.56. The molecule has 5 heteroatoms. The largest absolute Gasteiger partial charge is 0.504 e. The summed E-state index contributed by atoms with van der Waals surface area (Å²) in [4.78, 5) is 27.0. The Kier molecular flexibility index (Phi) is 2.38. The highest BCUT2D eigenvalue weighted by Crippen LogP contribution is 2.24. The molecule has 1 atom stereocenters. The van der Waals surface area contributed by atoms with E-state index in [4.69, 9.17) is 4.74 Å². The third-order valence-electron chi connectivity index (χ3n) is 2.38. The molecule has 0 saturated carbocycles. The van der Waals surface area contributed by atoms with Crippen LogP contribution in [0.2, 0.25) is 0 Å². The predicted molar refractivity (Wildman–Crippen MR) is 56.3 cm³/mol. The summed E-state index contributed by atoms with van der Waals surface area (Å²) < 4.78 is 5.31. The minimum Gasteiger partial charge on any atom is -0.504 e. The van der Waals surface area contributed by atoms with Crippen LogP contribution in [-0.2, 0) is 14.3 Å². The van der Waals surface area contributed by atoms with Crippen molar-refractivity contribution in [3.63, 3.8) is 0 Å². The molecule has 1 unspecified atom stereocenters. The lowest BCUT2D eigenvalue weighted by Crippen LogP contribution is -2.31. The van der Waals surface area contributed by atoms with Gasteiger partial charge in [0, 0.05) is 6.08 Å². The third kappa shape index (κ3) is 1.54. The highest BCUT2D eigenvalue weighted by molar-refractivity contribution is 6.34. The van der Waals surface area contributed by atoms with Gasteiger partial charge in [0.1, 0.15) is 18.1 Å². The second kappa shape index (κ2) is 3.59. The number of hydrogen-bond acceptors (Lipinski definition) is 5. The molecule has 2 aliphatic rings. The molecule has 0 spiro atoms. The van der Waals surface area contributed by atoms with Crippen molar-refractivity contribution in [2.24, 2.45) is 4.99 Å². The highest BCUT2D eigenvalue weighted by atomic mass is 16.5. The Morgan fingerprint density at radius 2 is 2.31 bits per heavy atom.